The van der Waals surface area contributed by atoms with Crippen molar-refractivity contribution in [3.05, 3.63) is 35.4 Å². The monoisotopic (exact) mass is 287 g/mol. The summed E-state index contributed by atoms with van der Waals surface area (Å²) in [5, 5.41) is 0. The fourth-order valence-corrected chi connectivity index (χ4v) is 4.17. The third-order valence-corrected chi connectivity index (χ3v) is 5.48. The molecule has 0 amide bonds. The summed E-state index contributed by atoms with van der Waals surface area (Å²) in [6, 6.07) is 8.73. The molecule has 1 aliphatic carbocycles. The van der Waals surface area contributed by atoms with E-state index in [4.69, 9.17) is 10.5 Å². The van der Waals surface area contributed by atoms with Gasteiger partial charge >= 0.3 is 0 Å². The Balaban J connectivity index is 1.65. The molecule has 0 spiro atoms. The Labute approximate surface area is 129 Å². The van der Waals surface area contributed by atoms with Crippen LogP contribution in [0, 0.1) is 5.92 Å². The zero-order chi connectivity index (χ0) is 14.7. The van der Waals surface area contributed by atoms with E-state index in [1.165, 1.54) is 49.7 Å². The standard InChI is InChI=1S/C19H29NO/c1-2-5-15-8-11-19(20,12-9-15)14-18-17-7-4-3-6-16(17)10-13-21-18/h3-4,6-7,15,18H,2,5,8-14,20H2,1H3. The molecule has 1 heterocycles. The van der Waals surface area contributed by atoms with E-state index in [0.717, 1.165) is 25.4 Å². The van der Waals surface area contributed by atoms with Crippen molar-refractivity contribution in [3.63, 3.8) is 0 Å². The van der Waals surface area contributed by atoms with Gasteiger partial charge in [-0.3, -0.25) is 0 Å². The summed E-state index contributed by atoms with van der Waals surface area (Å²) in [7, 11) is 0. The summed E-state index contributed by atoms with van der Waals surface area (Å²) in [6.45, 7) is 3.13. The molecule has 2 aliphatic rings. The molecule has 0 bridgehead atoms. The smallest absolute Gasteiger partial charge is 0.0845 e. The van der Waals surface area contributed by atoms with Crippen molar-refractivity contribution in [1.29, 1.82) is 0 Å². The minimum atomic E-state index is -0.0145. The van der Waals surface area contributed by atoms with Crippen LogP contribution in [-0.2, 0) is 11.2 Å². The summed E-state index contributed by atoms with van der Waals surface area (Å²) >= 11 is 0. The molecule has 1 aliphatic heterocycles. The number of nitrogens with two attached hydrogens (primary N) is 1. The van der Waals surface area contributed by atoms with Gasteiger partial charge in [-0.05, 0) is 55.6 Å². The van der Waals surface area contributed by atoms with Crippen LogP contribution in [0.5, 0.6) is 0 Å². The zero-order valence-corrected chi connectivity index (χ0v) is 13.3. The third-order valence-electron chi connectivity index (χ3n) is 5.48. The van der Waals surface area contributed by atoms with Gasteiger partial charge in [0.2, 0.25) is 0 Å². The van der Waals surface area contributed by atoms with Crippen molar-refractivity contribution in [1.82, 2.24) is 0 Å². The second-order valence-corrected chi connectivity index (χ2v) is 7.11. The fraction of sp³-hybridized carbons (Fsp3) is 0.684. The van der Waals surface area contributed by atoms with Gasteiger partial charge in [-0.2, -0.15) is 0 Å². The van der Waals surface area contributed by atoms with Crippen LogP contribution in [0.25, 0.3) is 0 Å². The molecule has 2 nitrogen and oxygen atoms in total. The topological polar surface area (TPSA) is 35.2 Å². The molecule has 1 aromatic rings. The highest BCUT2D eigenvalue weighted by Gasteiger charge is 2.35. The average molecular weight is 287 g/mol. The lowest BCUT2D eigenvalue weighted by Crippen LogP contribution is -2.45. The van der Waals surface area contributed by atoms with Crippen molar-refractivity contribution < 1.29 is 4.74 Å². The first-order valence-corrected chi connectivity index (χ1v) is 8.68. The third kappa shape index (κ3) is 3.49. The van der Waals surface area contributed by atoms with Crippen LogP contribution in [0.15, 0.2) is 24.3 Å². The first kappa shape index (κ1) is 15.1. The van der Waals surface area contributed by atoms with E-state index in [-0.39, 0.29) is 11.6 Å². The lowest BCUT2D eigenvalue weighted by atomic mass is 9.72. The van der Waals surface area contributed by atoms with Gasteiger partial charge in [0.25, 0.3) is 0 Å². The van der Waals surface area contributed by atoms with E-state index in [0.29, 0.717) is 0 Å². The van der Waals surface area contributed by atoms with Crippen LogP contribution in [0.3, 0.4) is 0 Å². The van der Waals surface area contributed by atoms with Crippen LogP contribution in [0.4, 0.5) is 0 Å². The van der Waals surface area contributed by atoms with Gasteiger partial charge in [0.05, 0.1) is 12.7 Å². The first-order chi connectivity index (χ1) is 10.2. The summed E-state index contributed by atoms with van der Waals surface area (Å²) in [5.74, 6) is 0.909. The van der Waals surface area contributed by atoms with Crippen molar-refractivity contribution in [2.45, 2.75) is 69.9 Å². The zero-order valence-electron chi connectivity index (χ0n) is 13.3. The Morgan fingerprint density at radius 2 is 2.00 bits per heavy atom. The average Bonchev–Trinajstić information content (AvgIpc) is 2.50. The van der Waals surface area contributed by atoms with Gasteiger partial charge in [0, 0.05) is 5.54 Å². The van der Waals surface area contributed by atoms with Crippen molar-refractivity contribution in [2.24, 2.45) is 11.7 Å². The lowest BCUT2D eigenvalue weighted by molar-refractivity contribution is 0.0127. The molecule has 0 radical (unpaired) electrons. The summed E-state index contributed by atoms with van der Waals surface area (Å²) in [5.41, 5.74) is 9.55. The van der Waals surface area contributed by atoms with Gasteiger partial charge in [-0.25, -0.2) is 0 Å². The highest BCUT2D eigenvalue weighted by Crippen LogP contribution is 2.40. The van der Waals surface area contributed by atoms with Gasteiger partial charge in [-0.1, -0.05) is 44.0 Å². The Bertz CT molecular complexity index is 462. The molecule has 116 valence electrons. The second kappa shape index (κ2) is 6.50. The molecule has 1 unspecified atom stereocenters. The molecule has 3 rings (SSSR count). The lowest BCUT2D eigenvalue weighted by Gasteiger charge is -2.40. The van der Waals surface area contributed by atoms with E-state index in [9.17, 15) is 0 Å². The molecule has 1 atom stereocenters. The molecule has 1 fully saturated rings. The van der Waals surface area contributed by atoms with E-state index in [1.54, 1.807) is 0 Å². The van der Waals surface area contributed by atoms with Gasteiger partial charge < -0.3 is 10.5 Å². The van der Waals surface area contributed by atoms with E-state index in [1.807, 2.05) is 0 Å². The largest absolute Gasteiger partial charge is 0.373 e. The predicted molar refractivity (Wildman–Crippen MR) is 87.2 cm³/mol. The Kier molecular flexibility index (Phi) is 4.66. The highest BCUT2D eigenvalue weighted by molar-refractivity contribution is 5.31. The molecule has 1 aromatic carbocycles. The Morgan fingerprint density at radius 3 is 2.76 bits per heavy atom. The SMILES string of the molecule is CCCC1CCC(N)(CC2OCCc3ccccc32)CC1. The van der Waals surface area contributed by atoms with Gasteiger partial charge in [0.1, 0.15) is 0 Å². The molecule has 0 aromatic heterocycles. The summed E-state index contributed by atoms with van der Waals surface area (Å²) in [4.78, 5) is 0. The number of fused-ring (bicyclic) bond motifs is 1. The van der Waals surface area contributed by atoms with Crippen molar-refractivity contribution in [3.8, 4) is 0 Å². The normalized spacial score (nSPS) is 32.7. The molecule has 2 heteroatoms. The highest BCUT2D eigenvalue weighted by atomic mass is 16.5. The molecular formula is C19H29NO. The van der Waals surface area contributed by atoms with Gasteiger partial charge in [0.15, 0.2) is 0 Å². The number of hydrogen-bond donors (Lipinski definition) is 1. The molecule has 1 saturated carbocycles. The predicted octanol–water partition coefficient (Wildman–Crippen LogP) is 4.38. The van der Waals surface area contributed by atoms with Gasteiger partial charge in [-0.15, -0.1) is 0 Å². The maximum Gasteiger partial charge on any atom is 0.0845 e. The molecule has 21 heavy (non-hydrogen) atoms. The summed E-state index contributed by atoms with van der Waals surface area (Å²) < 4.78 is 6.07. The first-order valence-electron chi connectivity index (χ1n) is 8.68. The minimum absolute atomic E-state index is 0.0145. The number of rotatable bonds is 4. The fourth-order valence-electron chi connectivity index (χ4n) is 4.17. The molecular weight excluding hydrogens is 258 g/mol. The van der Waals surface area contributed by atoms with Crippen LogP contribution >= 0.6 is 0 Å². The van der Waals surface area contributed by atoms with Crippen LogP contribution in [-0.4, -0.2) is 12.1 Å². The number of hydrogen-bond acceptors (Lipinski definition) is 2. The molecule has 0 saturated heterocycles. The number of ether oxygens (including phenoxy) is 1. The van der Waals surface area contributed by atoms with E-state index in [2.05, 4.69) is 31.2 Å². The van der Waals surface area contributed by atoms with Crippen LogP contribution in [0.2, 0.25) is 0 Å². The quantitative estimate of drug-likeness (QED) is 0.892. The summed E-state index contributed by atoms with van der Waals surface area (Å²) in [6.07, 6.45) is 9.87. The van der Waals surface area contributed by atoms with Crippen molar-refractivity contribution in [2.75, 3.05) is 6.61 Å². The molecule has 2 N–H and O–H groups in total. The van der Waals surface area contributed by atoms with Crippen LogP contribution in [0.1, 0.15) is 69.1 Å². The Morgan fingerprint density at radius 1 is 1.24 bits per heavy atom. The van der Waals surface area contributed by atoms with E-state index < -0.39 is 0 Å². The second-order valence-electron chi connectivity index (χ2n) is 7.11. The van der Waals surface area contributed by atoms with Crippen molar-refractivity contribution >= 4 is 0 Å². The van der Waals surface area contributed by atoms with E-state index >= 15 is 0 Å². The number of benzene rings is 1. The maximum atomic E-state index is 6.73. The Hall–Kier alpha value is -0.860. The van der Waals surface area contributed by atoms with Crippen LogP contribution < -0.4 is 5.73 Å². The minimum Gasteiger partial charge on any atom is -0.373 e. The maximum absolute atomic E-state index is 6.73.